The number of hydrogen-bond acceptors (Lipinski definition) is 5. The Morgan fingerprint density at radius 2 is 2.21 bits per heavy atom. The molecular weight excluding hydrogens is 304 g/mol. The number of hydrogen-bond donors (Lipinski definition) is 1. The van der Waals surface area contributed by atoms with E-state index >= 15 is 0 Å². The van der Waals surface area contributed by atoms with Crippen LogP contribution in [0.1, 0.15) is 12.8 Å². The number of pyridine rings is 1. The minimum Gasteiger partial charge on any atom is -0.365 e. The Hall–Kier alpha value is -2.83. The quantitative estimate of drug-likeness (QED) is 0.791. The van der Waals surface area contributed by atoms with Gasteiger partial charge in [-0.3, -0.25) is 13.9 Å². The minimum atomic E-state index is -0.0672. The number of aryl methyl sites for hydroxylation is 1. The molecule has 24 heavy (non-hydrogen) atoms. The maximum Gasteiger partial charge on any atom is 0.259 e. The molecular formula is C17H20N6O. The van der Waals surface area contributed by atoms with Crippen LogP contribution in [0, 0.1) is 0 Å². The van der Waals surface area contributed by atoms with Crippen LogP contribution >= 0.6 is 0 Å². The largest absolute Gasteiger partial charge is 0.365 e. The smallest absolute Gasteiger partial charge is 0.259 e. The van der Waals surface area contributed by atoms with Crippen molar-refractivity contribution in [2.45, 2.75) is 18.9 Å². The summed E-state index contributed by atoms with van der Waals surface area (Å²) in [5.41, 5.74) is 0.592. The summed E-state index contributed by atoms with van der Waals surface area (Å²) in [5.74, 6) is 1.76. The number of rotatable bonds is 3. The standard InChI is InChI=1S/C17H20N6O/c1-21-16(7-8-18-21)22-9-4-5-13(12-22)19-14-11-17(24)23-10-3-2-6-15(23)20-14/h2-3,6-8,10-11,13,19H,4-5,9,12H2,1H3. The first-order valence-corrected chi connectivity index (χ1v) is 8.19. The highest BCUT2D eigenvalue weighted by Crippen LogP contribution is 2.20. The van der Waals surface area contributed by atoms with Gasteiger partial charge in [0.15, 0.2) is 0 Å². The lowest BCUT2D eigenvalue weighted by Gasteiger charge is -2.34. The number of nitrogens with one attached hydrogen (secondary N) is 1. The molecule has 1 atom stereocenters. The van der Waals surface area contributed by atoms with Gasteiger partial charge in [-0.15, -0.1) is 0 Å². The van der Waals surface area contributed by atoms with Crippen LogP contribution in [0.5, 0.6) is 0 Å². The van der Waals surface area contributed by atoms with Crippen molar-refractivity contribution in [1.82, 2.24) is 19.2 Å². The van der Waals surface area contributed by atoms with Crippen LogP contribution in [0.2, 0.25) is 0 Å². The number of fused-ring (bicyclic) bond motifs is 1. The lowest BCUT2D eigenvalue weighted by atomic mass is 10.1. The summed E-state index contributed by atoms with van der Waals surface area (Å²) in [6.45, 7) is 1.89. The number of aromatic nitrogens is 4. The third-order valence-corrected chi connectivity index (χ3v) is 4.46. The third kappa shape index (κ3) is 2.73. The van der Waals surface area contributed by atoms with E-state index in [0.717, 1.165) is 31.7 Å². The average molecular weight is 324 g/mol. The predicted octanol–water partition coefficient (Wildman–Crippen LogP) is 1.51. The zero-order valence-corrected chi connectivity index (χ0v) is 13.6. The van der Waals surface area contributed by atoms with Gasteiger partial charge in [-0.25, -0.2) is 4.98 Å². The van der Waals surface area contributed by atoms with Gasteiger partial charge < -0.3 is 10.2 Å². The van der Waals surface area contributed by atoms with Gasteiger partial charge >= 0.3 is 0 Å². The molecule has 0 amide bonds. The first kappa shape index (κ1) is 14.7. The maximum atomic E-state index is 12.2. The van der Waals surface area contributed by atoms with Gasteiger partial charge in [0.05, 0.1) is 6.20 Å². The summed E-state index contributed by atoms with van der Waals surface area (Å²) in [6, 6.07) is 9.41. The van der Waals surface area contributed by atoms with E-state index in [4.69, 9.17) is 0 Å². The molecule has 0 aromatic carbocycles. The van der Waals surface area contributed by atoms with Crippen LogP contribution in [-0.2, 0) is 7.05 Å². The molecule has 0 aliphatic carbocycles. The Balaban J connectivity index is 1.55. The lowest BCUT2D eigenvalue weighted by molar-refractivity contribution is 0.518. The summed E-state index contributed by atoms with van der Waals surface area (Å²) >= 11 is 0. The molecule has 7 nitrogen and oxygen atoms in total. The van der Waals surface area contributed by atoms with E-state index in [1.54, 1.807) is 16.7 Å². The summed E-state index contributed by atoms with van der Waals surface area (Å²) in [4.78, 5) is 19.1. The first-order valence-electron chi connectivity index (χ1n) is 8.19. The van der Waals surface area contributed by atoms with Gasteiger partial charge in [-0.2, -0.15) is 5.10 Å². The Morgan fingerprint density at radius 1 is 1.29 bits per heavy atom. The van der Waals surface area contributed by atoms with E-state index < -0.39 is 0 Å². The molecule has 1 aliphatic heterocycles. The normalized spacial score (nSPS) is 18.0. The van der Waals surface area contributed by atoms with Crippen LogP contribution in [0.25, 0.3) is 5.65 Å². The third-order valence-electron chi connectivity index (χ3n) is 4.46. The molecule has 1 N–H and O–H groups in total. The molecule has 3 aromatic rings. The molecule has 0 bridgehead atoms. The molecule has 7 heteroatoms. The van der Waals surface area contributed by atoms with Crippen LogP contribution in [-0.4, -0.2) is 38.3 Å². The van der Waals surface area contributed by atoms with Crippen molar-refractivity contribution in [2.24, 2.45) is 7.05 Å². The van der Waals surface area contributed by atoms with Crippen LogP contribution in [0.4, 0.5) is 11.6 Å². The Kier molecular flexibility index (Phi) is 3.68. The Labute approximate surface area is 139 Å². The van der Waals surface area contributed by atoms with E-state index in [-0.39, 0.29) is 11.6 Å². The monoisotopic (exact) mass is 324 g/mol. The van der Waals surface area contributed by atoms with E-state index in [0.29, 0.717) is 11.5 Å². The van der Waals surface area contributed by atoms with Crippen molar-refractivity contribution in [3.05, 3.63) is 53.1 Å². The zero-order chi connectivity index (χ0) is 16.5. The van der Waals surface area contributed by atoms with Gasteiger partial charge in [-0.05, 0) is 25.0 Å². The summed E-state index contributed by atoms with van der Waals surface area (Å²) in [5, 5.41) is 7.67. The maximum absolute atomic E-state index is 12.2. The molecule has 1 fully saturated rings. The highest BCUT2D eigenvalue weighted by Gasteiger charge is 2.22. The topological polar surface area (TPSA) is 67.5 Å². The second-order valence-electron chi connectivity index (χ2n) is 6.15. The number of piperidine rings is 1. The van der Waals surface area contributed by atoms with Gasteiger partial charge in [0, 0.05) is 44.5 Å². The molecule has 4 heterocycles. The second-order valence-corrected chi connectivity index (χ2v) is 6.15. The Bertz CT molecular complexity index is 915. The summed E-state index contributed by atoms with van der Waals surface area (Å²) < 4.78 is 3.44. The van der Waals surface area contributed by atoms with E-state index in [9.17, 15) is 4.79 Å². The molecule has 0 radical (unpaired) electrons. The molecule has 3 aromatic heterocycles. The van der Waals surface area contributed by atoms with Gasteiger partial charge in [0.1, 0.15) is 17.3 Å². The minimum absolute atomic E-state index is 0.0672. The lowest BCUT2D eigenvalue weighted by Crippen LogP contribution is -2.43. The average Bonchev–Trinajstić information content (AvgIpc) is 3.01. The van der Waals surface area contributed by atoms with Crippen LogP contribution < -0.4 is 15.8 Å². The summed E-state index contributed by atoms with van der Waals surface area (Å²) in [6.07, 6.45) is 5.71. The van der Waals surface area contributed by atoms with Gasteiger partial charge in [0.2, 0.25) is 0 Å². The van der Waals surface area contributed by atoms with E-state index in [1.165, 1.54) is 0 Å². The SMILES string of the molecule is Cn1nccc1N1CCCC(Nc2cc(=O)n3ccccc3n2)C1. The van der Waals surface area contributed by atoms with E-state index in [1.807, 2.05) is 42.2 Å². The van der Waals surface area contributed by atoms with Gasteiger partial charge in [0.25, 0.3) is 5.56 Å². The second kappa shape index (κ2) is 5.99. The molecule has 4 rings (SSSR count). The zero-order valence-electron chi connectivity index (χ0n) is 13.6. The Morgan fingerprint density at radius 3 is 3.04 bits per heavy atom. The number of nitrogens with zero attached hydrogens (tertiary/aromatic N) is 5. The highest BCUT2D eigenvalue weighted by atomic mass is 16.1. The molecule has 0 saturated carbocycles. The predicted molar refractivity (Wildman–Crippen MR) is 93.5 cm³/mol. The fourth-order valence-electron chi connectivity index (χ4n) is 3.32. The highest BCUT2D eigenvalue weighted by molar-refractivity contribution is 5.47. The molecule has 1 aliphatic rings. The fourth-order valence-corrected chi connectivity index (χ4v) is 3.32. The molecule has 0 spiro atoms. The van der Waals surface area contributed by atoms with Crippen molar-refractivity contribution in [2.75, 3.05) is 23.3 Å². The molecule has 124 valence electrons. The summed E-state index contributed by atoms with van der Waals surface area (Å²) in [7, 11) is 1.96. The van der Waals surface area contributed by atoms with Crippen LogP contribution in [0.15, 0.2) is 47.5 Å². The van der Waals surface area contributed by atoms with Crippen molar-refractivity contribution in [1.29, 1.82) is 0 Å². The first-order chi connectivity index (χ1) is 11.7. The van der Waals surface area contributed by atoms with Crippen molar-refractivity contribution in [3.8, 4) is 0 Å². The molecule has 1 unspecified atom stereocenters. The van der Waals surface area contributed by atoms with Crippen LogP contribution in [0.3, 0.4) is 0 Å². The van der Waals surface area contributed by atoms with Crippen molar-refractivity contribution < 1.29 is 0 Å². The van der Waals surface area contributed by atoms with Gasteiger partial charge in [-0.1, -0.05) is 6.07 Å². The molecule has 1 saturated heterocycles. The van der Waals surface area contributed by atoms with Crippen molar-refractivity contribution in [3.63, 3.8) is 0 Å². The van der Waals surface area contributed by atoms with E-state index in [2.05, 4.69) is 20.3 Å². The fraction of sp³-hybridized carbons (Fsp3) is 0.353. The van der Waals surface area contributed by atoms with Crippen molar-refractivity contribution >= 4 is 17.3 Å². The number of anilines is 2.